The zero-order chi connectivity index (χ0) is 13.5. The molecule has 1 heterocycles. The van der Waals surface area contributed by atoms with E-state index in [0.717, 1.165) is 25.7 Å². The normalized spacial score (nSPS) is 26.1. The third-order valence-electron chi connectivity index (χ3n) is 3.80. The number of nitrogens with two attached hydrogens (primary N) is 1. The Hall–Kier alpha value is -0.610. The lowest BCUT2D eigenvalue weighted by atomic mass is 9.96. The fraction of sp³-hybridized carbons (Fsp3) is 0.929. The van der Waals surface area contributed by atoms with E-state index in [2.05, 4.69) is 20.8 Å². The number of carbonyl (C=O) groups is 1. The average molecular weight is 256 g/mol. The molecule has 0 radical (unpaired) electrons. The van der Waals surface area contributed by atoms with Crippen molar-refractivity contribution in [1.82, 2.24) is 4.90 Å². The van der Waals surface area contributed by atoms with E-state index in [-0.39, 0.29) is 18.1 Å². The first-order valence-electron chi connectivity index (χ1n) is 7.26. The van der Waals surface area contributed by atoms with Crippen LogP contribution in [0.5, 0.6) is 0 Å². The Labute approximate surface area is 111 Å². The highest BCUT2D eigenvalue weighted by molar-refractivity contribution is 5.79. The fourth-order valence-electron chi connectivity index (χ4n) is 2.45. The Kier molecular flexibility index (Phi) is 6.65. The molecule has 18 heavy (non-hydrogen) atoms. The summed E-state index contributed by atoms with van der Waals surface area (Å²) in [7, 11) is 0. The minimum absolute atomic E-state index is 0.00818. The minimum Gasteiger partial charge on any atom is -0.373 e. The average Bonchev–Trinajstić information content (AvgIpc) is 2.40. The molecule has 1 rings (SSSR count). The van der Waals surface area contributed by atoms with Gasteiger partial charge in [-0.05, 0) is 19.8 Å². The molecule has 4 heteroatoms. The molecule has 1 amide bonds. The number of unbranched alkanes of at least 4 members (excludes halogenated alkanes) is 1. The highest BCUT2D eigenvalue weighted by atomic mass is 16.5. The second kappa shape index (κ2) is 7.74. The summed E-state index contributed by atoms with van der Waals surface area (Å²) in [4.78, 5) is 14.5. The monoisotopic (exact) mass is 256 g/mol. The topological polar surface area (TPSA) is 55.6 Å². The van der Waals surface area contributed by atoms with E-state index in [0.29, 0.717) is 25.6 Å². The summed E-state index contributed by atoms with van der Waals surface area (Å²) >= 11 is 0. The Morgan fingerprint density at radius 2 is 2.22 bits per heavy atom. The number of hydrogen-bond acceptors (Lipinski definition) is 3. The quantitative estimate of drug-likeness (QED) is 0.788. The van der Waals surface area contributed by atoms with Crippen molar-refractivity contribution < 1.29 is 9.53 Å². The standard InChI is InChI=1S/C14H28N2O2/c1-4-6-7-12(5-2)14(17)16-9-13(8-15)18-10-11(16)3/h11-13H,4-10,15H2,1-3H3. The lowest BCUT2D eigenvalue weighted by Crippen LogP contribution is -2.54. The maximum absolute atomic E-state index is 12.5. The van der Waals surface area contributed by atoms with E-state index in [9.17, 15) is 4.79 Å². The van der Waals surface area contributed by atoms with E-state index in [1.54, 1.807) is 0 Å². The third-order valence-corrected chi connectivity index (χ3v) is 3.80. The fourth-order valence-corrected chi connectivity index (χ4v) is 2.45. The lowest BCUT2D eigenvalue weighted by molar-refractivity contribution is -0.148. The van der Waals surface area contributed by atoms with Crippen molar-refractivity contribution in [2.45, 2.75) is 58.6 Å². The summed E-state index contributed by atoms with van der Waals surface area (Å²) in [6, 6.07) is 0.177. The van der Waals surface area contributed by atoms with Crippen molar-refractivity contribution in [2.24, 2.45) is 11.7 Å². The maximum Gasteiger partial charge on any atom is 0.226 e. The predicted octanol–water partition coefficient (Wildman–Crippen LogP) is 1.78. The first-order chi connectivity index (χ1) is 8.63. The van der Waals surface area contributed by atoms with E-state index in [1.807, 2.05) is 4.90 Å². The number of morpholine rings is 1. The van der Waals surface area contributed by atoms with Gasteiger partial charge in [0.15, 0.2) is 0 Å². The molecule has 0 aromatic rings. The molecule has 2 N–H and O–H groups in total. The van der Waals surface area contributed by atoms with Crippen LogP contribution in [0.3, 0.4) is 0 Å². The largest absolute Gasteiger partial charge is 0.373 e. The number of nitrogens with zero attached hydrogens (tertiary/aromatic N) is 1. The van der Waals surface area contributed by atoms with Crippen molar-refractivity contribution in [1.29, 1.82) is 0 Å². The molecule has 106 valence electrons. The van der Waals surface area contributed by atoms with Crippen LogP contribution >= 0.6 is 0 Å². The first kappa shape index (κ1) is 15.4. The highest BCUT2D eigenvalue weighted by Gasteiger charge is 2.31. The molecule has 4 nitrogen and oxygen atoms in total. The second-order valence-corrected chi connectivity index (χ2v) is 5.28. The number of hydrogen-bond donors (Lipinski definition) is 1. The molecule has 1 fully saturated rings. The highest BCUT2D eigenvalue weighted by Crippen LogP contribution is 2.20. The van der Waals surface area contributed by atoms with Gasteiger partial charge in [0.25, 0.3) is 0 Å². The molecule has 1 aliphatic heterocycles. The maximum atomic E-state index is 12.5. The van der Waals surface area contributed by atoms with Crippen molar-refractivity contribution in [2.75, 3.05) is 19.7 Å². The molecule has 0 aromatic carbocycles. The summed E-state index contributed by atoms with van der Waals surface area (Å²) in [6.45, 7) is 8.07. The summed E-state index contributed by atoms with van der Waals surface area (Å²) in [5, 5.41) is 0. The van der Waals surface area contributed by atoms with Crippen molar-refractivity contribution >= 4 is 5.91 Å². The van der Waals surface area contributed by atoms with Crippen LogP contribution in [0.1, 0.15) is 46.5 Å². The van der Waals surface area contributed by atoms with Gasteiger partial charge < -0.3 is 15.4 Å². The molecule has 0 saturated carbocycles. The molecule has 0 spiro atoms. The van der Waals surface area contributed by atoms with Gasteiger partial charge in [0.1, 0.15) is 0 Å². The summed E-state index contributed by atoms with van der Waals surface area (Å²) in [6.07, 6.45) is 4.21. The van der Waals surface area contributed by atoms with Gasteiger partial charge in [-0.3, -0.25) is 4.79 Å². The second-order valence-electron chi connectivity index (χ2n) is 5.28. The van der Waals surface area contributed by atoms with Crippen LogP contribution in [0.15, 0.2) is 0 Å². The zero-order valence-electron chi connectivity index (χ0n) is 12.0. The van der Waals surface area contributed by atoms with Gasteiger partial charge in [-0.15, -0.1) is 0 Å². The van der Waals surface area contributed by atoms with E-state index in [4.69, 9.17) is 10.5 Å². The van der Waals surface area contributed by atoms with Gasteiger partial charge in [0.2, 0.25) is 5.91 Å². The van der Waals surface area contributed by atoms with Crippen LogP contribution in [-0.4, -0.2) is 42.6 Å². The smallest absolute Gasteiger partial charge is 0.226 e. The first-order valence-corrected chi connectivity index (χ1v) is 7.26. The van der Waals surface area contributed by atoms with E-state index >= 15 is 0 Å². The van der Waals surface area contributed by atoms with Gasteiger partial charge in [-0.2, -0.15) is 0 Å². The summed E-state index contributed by atoms with van der Waals surface area (Å²) in [5.74, 6) is 0.462. The zero-order valence-corrected chi connectivity index (χ0v) is 12.0. The van der Waals surface area contributed by atoms with Gasteiger partial charge in [-0.1, -0.05) is 26.7 Å². The Morgan fingerprint density at radius 3 is 2.78 bits per heavy atom. The van der Waals surface area contributed by atoms with Gasteiger partial charge in [0.05, 0.1) is 18.8 Å². The molecule has 3 unspecified atom stereocenters. The van der Waals surface area contributed by atoms with E-state index in [1.165, 1.54) is 0 Å². The Balaban J connectivity index is 2.61. The van der Waals surface area contributed by atoms with Crippen molar-refractivity contribution in [3.63, 3.8) is 0 Å². The number of carbonyl (C=O) groups excluding carboxylic acids is 1. The van der Waals surface area contributed by atoms with Gasteiger partial charge in [0, 0.05) is 19.0 Å². The van der Waals surface area contributed by atoms with Gasteiger partial charge >= 0.3 is 0 Å². The molecule has 1 aliphatic rings. The number of ether oxygens (including phenoxy) is 1. The molecule has 0 bridgehead atoms. The summed E-state index contributed by atoms with van der Waals surface area (Å²) in [5.41, 5.74) is 5.64. The van der Waals surface area contributed by atoms with Crippen molar-refractivity contribution in [3.8, 4) is 0 Å². The van der Waals surface area contributed by atoms with Crippen LogP contribution in [0.4, 0.5) is 0 Å². The molecule has 3 atom stereocenters. The van der Waals surface area contributed by atoms with Crippen LogP contribution in [0.25, 0.3) is 0 Å². The van der Waals surface area contributed by atoms with Crippen molar-refractivity contribution in [3.05, 3.63) is 0 Å². The van der Waals surface area contributed by atoms with Crippen LogP contribution in [0.2, 0.25) is 0 Å². The SMILES string of the molecule is CCCCC(CC)C(=O)N1CC(CN)OCC1C. The molecular weight excluding hydrogens is 228 g/mol. The Morgan fingerprint density at radius 1 is 1.50 bits per heavy atom. The Bertz CT molecular complexity index is 258. The van der Waals surface area contributed by atoms with Gasteiger partial charge in [-0.25, -0.2) is 0 Å². The van der Waals surface area contributed by atoms with E-state index < -0.39 is 0 Å². The number of amides is 1. The molecule has 0 aromatic heterocycles. The van der Waals surface area contributed by atoms with Crippen LogP contribution in [-0.2, 0) is 9.53 Å². The number of rotatable bonds is 6. The van der Waals surface area contributed by atoms with Crippen LogP contribution < -0.4 is 5.73 Å². The summed E-state index contributed by atoms with van der Waals surface area (Å²) < 4.78 is 5.60. The molecular formula is C14H28N2O2. The lowest BCUT2D eigenvalue weighted by Gasteiger charge is -2.39. The van der Waals surface area contributed by atoms with Crippen LogP contribution in [0, 0.1) is 5.92 Å². The predicted molar refractivity (Wildman–Crippen MR) is 73.3 cm³/mol. The minimum atomic E-state index is 0.00818. The molecule has 1 saturated heterocycles. The molecule has 0 aliphatic carbocycles. The third kappa shape index (κ3) is 3.95.